The van der Waals surface area contributed by atoms with Gasteiger partial charge in [-0.1, -0.05) is 32.9 Å². The Kier molecular flexibility index (Phi) is 5.30. The van der Waals surface area contributed by atoms with Gasteiger partial charge >= 0.3 is 0 Å². The zero-order chi connectivity index (χ0) is 18.1. The molecule has 25 heavy (non-hydrogen) atoms. The topological polar surface area (TPSA) is 57.7 Å². The van der Waals surface area contributed by atoms with Crippen LogP contribution in [0.4, 0.5) is 0 Å². The molecule has 0 aromatic heterocycles. The minimum atomic E-state index is -0.636. The highest BCUT2D eigenvalue weighted by Crippen LogP contribution is 2.50. The maximum Gasteiger partial charge on any atom is 0.245 e. The number of hydrogen-bond acceptors (Lipinski definition) is 3. The minimum absolute atomic E-state index is 0.0631. The van der Waals surface area contributed by atoms with E-state index >= 15 is 0 Å². The summed E-state index contributed by atoms with van der Waals surface area (Å²) in [5.74, 6) is -0.401. The van der Waals surface area contributed by atoms with E-state index in [1.165, 1.54) is 4.90 Å². The first-order valence-corrected chi connectivity index (χ1v) is 9.89. The third kappa shape index (κ3) is 2.91. The summed E-state index contributed by atoms with van der Waals surface area (Å²) in [6.07, 6.45) is 8.45. The Morgan fingerprint density at radius 3 is 1.88 bits per heavy atom. The molecule has 3 amide bonds. The Balaban J connectivity index is 1.85. The number of likely N-dealkylation sites (tertiary alicyclic amines) is 1. The molecule has 2 bridgehead atoms. The molecule has 1 saturated carbocycles. The molecule has 2 fully saturated rings. The van der Waals surface area contributed by atoms with Crippen molar-refractivity contribution >= 4 is 17.7 Å². The van der Waals surface area contributed by atoms with Gasteiger partial charge in [-0.25, -0.2) is 0 Å². The zero-order valence-electron chi connectivity index (χ0n) is 15.6. The van der Waals surface area contributed by atoms with Crippen molar-refractivity contribution in [1.29, 1.82) is 0 Å². The van der Waals surface area contributed by atoms with E-state index in [9.17, 15) is 14.4 Å². The van der Waals surface area contributed by atoms with E-state index in [-0.39, 0.29) is 41.4 Å². The van der Waals surface area contributed by atoms with E-state index in [4.69, 9.17) is 0 Å². The molecule has 3 aliphatic carbocycles. The van der Waals surface area contributed by atoms with Gasteiger partial charge in [0.2, 0.25) is 17.7 Å². The molecule has 4 aliphatic rings. The Labute approximate surface area is 150 Å². The maximum atomic E-state index is 13.1. The van der Waals surface area contributed by atoms with Gasteiger partial charge in [0, 0.05) is 13.1 Å². The summed E-state index contributed by atoms with van der Waals surface area (Å²) in [7, 11) is 0. The lowest BCUT2D eigenvalue weighted by Gasteiger charge is -2.38. The number of allylic oxidation sites excluding steroid dienone is 2. The van der Waals surface area contributed by atoms with Crippen molar-refractivity contribution in [2.24, 2.45) is 23.7 Å². The van der Waals surface area contributed by atoms with E-state index in [0.717, 1.165) is 25.7 Å². The van der Waals surface area contributed by atoms with Crippen LogP contribution < -0.4 is 0 Å². The third-order valence-electron chi connectivity index (χ3n) is 6.08. The normalized spacial score (nSPS) is 31.4. The first kappa shape index (κ1) is 18.2. The monoisotopic (exact) mass is 346 g/mol. The first-order valence-electron chi connectivity index (χ1n) is 9.89. The van der Waals surface area contributed by atoms with Crippen LogP contribution in [-0.4, -0.2) is 46.7 Å². The summed E-state index contributed by atoms with van der Waals surface area (Å²) in [5, 5.41) is 0. The highest BCUT2D eigenvalue weighted by Gasteiger charge is 2.58. The standard InChI is InChI=1S/C20H30N2O3/c1-4-11-21(12-5-2)18(23)15(6-3)22-19(24)16-13-7-8-14(10-9-13)17(16)20(22)25/h7-8,13-17H,4-6,9-12H2,1-3H3/t13-,14-,15+,16-,17+/m0/s1. The number of rotatable bonds is 7. The predicted octanol–water partition coefficient (Wildman–Crippen LogP) is 2.61. The number of hydrogen-bond donors (Lipinski definition) is 0. The molecule has 1 aliphatic heterocycles. The number of nitrogens with zero attached hydrogens (tertiary/aromatic N) is 2. The summed E-state index contributed by atoms with van der Waals surface area (Å²) in [6.45, 7) is 7.34. The third-order valence-corrected chi connectivity index (χ3v) is 6.08. The number of carbonyl (C=O) groups excluding carboxylic acids is 3. The summed E-state index contributed by atoms with van der Waals surface area (Å²) in [6, 6.07) is -0.636. The molecule has 138 valence electrons. The van der Waals surface area contributed by atoms with Gasteiger partial charge in [-0.15, -0.1) is 0 Å². The van der Waals surface area contributed by atoms with Gasteiger partial charge in [-0.05, 0) is 43.9 Å². The highest BCUT2D eigenvalue weighted by molar-refractivity contribution is 6.09. The van der Waals surface area contributed by atoms with Crippen LogP contribution >= 0.6 is 0 Å². The van der Waals surface area contributed by atoms with Crippen LogP contribution in [0.1, 0.15) is 52.9 Å². The van der Waals surface area contributed by atoms with Crippen LogP contribution in [0.2, 0.25) is 0 Å². The molecule has 4 rings (SSSR count). The van der Waals surface area contributed by atoms with E-state index in [1.807, 2.05) is 25.7 Å². The largest absolute Gasteiger partial charge is 0.341 e. The number of carbonyl (C=O) groups is 3. The van der Waals surface area contributed by atoms with E-state index < -0.39 is 6.04 Å². The Bertz CT molecular complexity index is 547. The van der Waals surface area contributed by atoms with Crippen molar-refractivity contribution in [1.82, 2.24) is 9.80 Å². The van der Waals surface area contributed by atoms with Crippen LogP contribution in [0.3, 0.4) is 0 Å². The summed E-state index contributed by atoms with van der Waals surface area (Å²) in [4.78, 5) is 42.4. The molecule has 0 N–H and O–H groups in total. The fourth-order valence-corrected chi connectivity index (χ4v) is 4.95. The lowest BCUT2D eigenvalue weighted by Crippen LogP contribution is -2.51. The average Bonchev–Trinajstić information content (AvgIpc) is 2.90. The second kappa shape index (κ2) is 7.30. The SMILES string of the molecule is CCCN(CCC)C(=O)[C@@H](CC)N1C(=O)[C@@H]2[C@H](C1=O)[C@H]1C=C[C@H]2CC1. The van der Waals surface area contributed by atoms with Gasteiger partial charge in [0.05, 0.1) is 11.8 Å². The molecule has 0 radical (unpaired) electrons. The fraction of sp³-hybridized carbons (Fsp3) is 0.750. The van der Waals surface area contributed by atoms with Crippen molar-refractivity contribution in [2.75, 3.05) is 13.1 Å². The summed E-state index contributed by atoms with van der Waals surface area (Å²) >= 11 is 0. The van der Waals surface area contributed by atoms with Crippen LogP contribution in [0.15, 0.2) is 12.2 Å². The average molecular weight is 346 g/mol. The Morgan fingerprint density at radius 2 is 1.52 bits per heavy atom. The fourth-order valence-electron chi connectivity index (χ4n) is 4.95. The van der Waals surface area contributed by atoms with E-state index in [2.05, 4.69) is 12.2 Å². The van der Waals surface area contributed by atoms with Crippen molar-refractivity contribution in [3.8, 4) is 0 Å². The predicted molar refractivity (Wildman–Crippen MR) is 95.4 cm³/mol. The van der Waals surface area contributed by atoms with Crippen LogP contribution in [0, 0.1) is 23.7 Å². The second-order valence-electron chi connectivity index (χ2n) is 7.64. The van der Waals surface area contributed by atoms with Crippen LogP contribution in [0.5, 0.6) is 0 Å². The van der Waals surface area contributed by atoms with Crippen molar-refractivity contribution in [2.45, 2.75) is 58.9 Å². The van der Waals surface area contributed by atoms with Gasteiger partial charge in [0.15, 0.2) is 0 Å². The summed E-state index contributed by atoms with van der Waals surface area (Å²) < 4.78 is 0. The lowest BCUT2D eigenvalue weighted by atomic mass is 9.63. The lowest BCUT2D eigenvalue weighted by molar-refractivity contribution is -0.152. The maximum absolute atomic E-state index is 13.1. The van der Waals surface area contributed by atoms with Gasteiger partial charge in [0.25, 0.3) is 0 Å². The molecule has 5 heteroatoms. The Hall–Kier alpha value is -1.65. The van der Waals surface area contributed by atoms with Gasteiger partial charge in [-0.2, -0.15) is 0 Å². The second-order valence-corrected chi connectivity index (χ2v) is 7.64. The highest BCUT2D eigenvalue weighted by atomic mass is 16.2. The molecule has 0 unspecified atom stereocenters. The van der Waals surface area contributed by atoms with Gasteiger partial charge < -0.3 is 4.90 Å². The van der Waals surface area contributed by atoms with Crippen molar-refractivity contribution < 1.29 is 14.4 Å². The molecule has 5 nitrogen and oxygen atoms in total. The molecular weight excluding hydrogens is 316 g/mol. The zero-order valence-corrected chi connectivity index (χ0v) is 15.6. The van der Waals surface area contributed by atoms with Crippen LogP contribution in [0.25, 0.3) is 0 Å². The molecule has 0 aromatic rings. The quantitative estimate of drug-likeness (QED) is 0.526. The molecule has 0 aromatic carbocycles. The summed E-state index contributed by atoms with van der Waals surface area (Å²) in [5.41, 5.74) is 0. The van der Waals surface area contributed by atoms with Gasteiger partial charge in [-0.3, -0.25) is 19.3 Å². The number of amides is 3. The van der Waals surface area contributed by atoms with E-state index in [1.54, 1.807) is 0 Å². The van der Waals surface area contributed by atoms with Gasteiger partial charge in [0.1, 0.15) is 6.04 Å². The molecule has 1 heterocycles. The molecule has 5 atom stereocenters. The first-order chi connectivity index (χ1) is 12.0. The van der Waals surface area contributed by atoms with Crippen molar-refractivity contribution in [3.05, 3.63) is 12.2 Å². The number of imide groups is 1. The van der Waals surface area contributed by atoms with E-state index in [0.29, 0.717) is 19.5 Å². The Morgan fingerprint density at radius 1 is 1.04 bits per heavy atom. The molecule has 1 saturated heterocycles. The minimum Gasteiger partial charge on any atom is -0.341 e. The molecule has 0 spiro atoms. The van der Waals surface area contributed by atoms with Crippen molar-refractivity contribution in [3.63, 3.8) is 0 Å². The van der Waals surface area contributed by atoms with Crippen LogP contribution in [-0.2, 0) is 14.4 Å². The number of fused-ring (bicyclic) bond motifs is 1. The smallest absolute Gasteiger partial charge is 0.245 e. The molecular formula is C20H30N2O3.